The minimum Gasteiger partial charge on any atom is -0.461 e. The van der Waals surface area contributed by atoms with Gasteiger partial charge in [0.2, 0.25) is 0 Å². The molecule has 0 fully saturated rings. The van der Waals surface area contributed by atoms with Gasteiger partial charge in [-0.2, -0.15) is 5.48 Å². The van der Waals surface area contributed by atoms with E-state index in [1.807, 2.05) is 81.4 Å². The van der Waals surface area contributed by atoms with Gasteiger partial charge in [-0.1, -0.05) is 72.8 Å². The molecule has 1 N–H and O–H groups in total. The Morgan fingerprint density at radius 1 is 0.718 bits per heavy atom. The molecule has 8 heteroatoms. The average molecular weight is 534 g/mol. The summed E-state index contributed by atoms with van der Waals surface area (Å²) in [4.78, 5) is 42.9. The van der Waals surface area contributed by atoms with Crippen LogP contribution in [0.25, 0.3) is 0 Å². The molecule has 8 nitrogen and oxygen atoms in total. The van der Waals surface area contributed by atoms with Crippen molar-refractivity contribution in [1.29, 1.82) is 0 Å². The van der Waals surface area contributed by atoms with Crippen LogP contribution in [-0.2, 0) is 48.5 Å². The molecule has 0 amide bonds. The SMILES string of the molecule is CC(C)(C)OC(=O)c1ccc(CON[C@@H](CCC(=O)OCc2ccccc2)C(=O)OCc2ccccc2)cc1. The number of hydroxylamine groups is 1. The van der Waals surface area contributed by atoms with Crippen LogP contribution in [0, 0.1) is 0 Å². The standard InChI is InChI=1S/C31H35NO7/c1-31(2,3)39-29(34)26-16-14-25(15-17-26)22-38-32-27(30(35)37-21-24-12-8-5-9-13-24)18-19-28(33)36-20-23-10-6-4-7-11-23/h4-17,27,32H,18-22H2,1-3H3/t27-/m0/s1. The number of rotatable bonds is 13. The number of hydrogen-bond donors (Lipinski definition) is 1. The van der Waals surface area contributed by atoms with Crippen molar-refractivity contribution in [2.24, 2.45) is 0 Å². The second kappa shape index (κ2) is 14.8. The van der Waals surface area contributed by atoms with Crippen molar-refractivity contribution in [3.8, 4) is 0 Å². The van der Waals surface area contributed by atoms with Crippen molar-refractivity contribution >= 4 is 17.9 Å². The largest absolute Gasteiger partial charge is 0.461 e. The summed E-state index contributed by atoms with van der Waals surface area (Å²) in [7, 11) is 0. The molecule has 0 aliphatic heterocycles. The molecule has 0 saturated heterocycles. The predicted octanol–water partition coefficient (Wildman–Crippen LogP) is 5.30. The summed E-state index contributed by atoms with van der Waals surface area (Å²) in [6.07, 6.45) is 0.123. The van der Waals surface area contributed by atoms with Crippen LogP contribution in [0.4, 0.5) is 0 Å². The molecule has 0 aliphatic carbocycles. The molecule has 3 aromatic carbocycles. The molecule has 39 heavy (non-hydrogen) atoms. The quantitative estimate of drug-likeness (QED) is 0.180. The zero-order chi connectivity index (χ0) is 28.1. The van der Waals surface area contributed by atoms with E-state index < -0.39 is 29.6 Å². The highest BCUT2D eigenvalue weighted by molar-refractivity contribution is 5.89. The highest BCUT2D eigenvalue weighted by Crippen LogP contribution is 2.14. The highest BCUT2D eigenvalue weighted by Gasteiger charge is 2.22. The Labute approximate surface area is 229 Å². The molecular weight excluding hydrogens is 498 g/mol. The van der Waals surface area contributed by atoms with E-state index in [1.54, 1.807) is 24.3 Å². The number of carbonyl (C=O) groups is 3. The fourth-order valence-electron chi connectivity index (χ4n) is 3.43. The van der Waals surface area contributed by atoms with E-state index in [-0.39, 0.29) is 32.7 Å². The van der Waals surface area contributed by atoms with Crippen molar-refractivity contribution in [2.75, 3.05) is 0 Å². The van der Waals surface area contributed by atoms with E-state index >= 15 is 0 Å². The second-order valence-corrected chi connectivity index (χ2v) is 9.94. The maximum absolute atomic E-state index is 12.8. The van der Waals surface area contributed by atoms with Gasteiger partial charge in [0.15, 0.2) is 0 Å². The minimum absolute atomic E-state index is 0.00111. The van der Waals surface area contributed by atoms with Crippen LogP contribution in [0.5, 0.6) is 0 Å². The maximum atomic E-state index is 12.8. The van der Waals surface area contributed by atoms with Gasteiger partial charge in [-0.25, -0.2) is 4.79 Å². The van der Waals surface area contributed by atoms with Crippen LogP contribution in [0.2, 0.25) is 0 Å². The Bertz CT molecular complexity index is 1190. The lowest BCUT2D eigenvalue weighted by Crippen LogP contribution is -2.38. The number of hydrogen-bond acceptors (Lipinski definition) is 8. The lowest BCUT2D eigenvalue weighted by Gasteiger charge is -2.19. The van der Waals surface area contributed by atoms with Crippen LogP contribution in [0.15, 0.2) is 84.9 Å². The lowest BCUT2D eigenvalue weighted by molar-refractivity contribution is -0.154. The molecule has 3 rings (SSSR count). The molecular formula is C31H35NO7. The van der Waals surface area contributed by atoms with E-state index in [2.05, 4.69) is 5.48 Å². The Morgan fingerprint density at radius 3 is 1.82 bits per heavy atom. The molecule has 0 spiro atoms. The smallest absolute Gasteiger partial charge is 0.338 e. The highest BCUT2D eigenvalue weighted by atomic mass is 16.6. The van der Waals surface area contributed by atoms with Gasteiger partial charge < -0.3 is 14.2 Å². The number of ether oxygens (including phenoxy) is 3. The van der Waals surface area contributed by atoms with E-state index in [4.69, 9.17) is 19.0 Å². The minimum atomic E-state index is -0.890. The summed E-state index contributed by atoms with van der Waals surface area (Å²) in [5, 5.41) is 0. The first-order valence-electron chi connectivity index (χ1n) is 12.8. The zero-order valence-corrected chi connectivity index (χ0v) is 22.6. The monoisotopic (exact) mass is 533 g/mol. The summed E-state index contributed by atoms with van der Waals surface area (Å²) in [5.74, 6) is -1.39. The van der Waals surface area contributed by atoms with Gasteiger partial charge in [0.05, 0.1) is 12.2 Å². The van der Waals surface area contributed by atoms with E-state index in [9.17, 15) is 14.4 Å². The van der Waals surface area contributed by atoms with Gasteiger partial charge in [0.25, 0.3) is 0 Å². The van der Waals surface area contributed by atoms with Crippen molar-refractivity contribution in [3.63, 3.8) is 0 Å². The van der Waals surface area contributed by atoms with Gasteiger partial charge in [-0.05, 0) is 56.0 Å². The third-order valence-corrected chi connectivity index (χ3v) is 5.44. The summed E-state index contributed by atoms with van der Waals surface area (Å²) >= 11 is 0. The molecule has 0 aliphatic rings. The first-order chi connectivity index (χ1) is 18.7. The summed E-state index contributed by atoms with van der Waals surface area (Å²) < 4.78 is 16.2. The van der Waals surface area contributed by atoms with Gasteiger partial charge >= 0.3 is 17.9 Å². The average Bonchev–Trinajstić information content (AvgIpc) is 2.93. The van der Waals surface area contributed by atoms with Crippen molar-refractivity contribution in [2.45, 2.75) is 65.1 Å². The molecule has 0 radical (unpaired) electrons. The third-order valence-electron chi connectivity index (χ3n) is 5.44. The van der Waals surface area contributed by atoms with Crippen molar-refractivity contribution in [1.82, 2.24) is 5.48 Å². The first-order valence-corrected chi connectivity index (χ1v) is 12.8. The van der Waals surface area contributed by atoms with Gasteiger partial charge in [0.1, 0.15) is 24.9 Å². The second-order valence-electron chi connectivity index (χ2n) is 9.94. The fourth-order valence-corrected chi connectivity index (χ4v) is 3.43. The number of carbonyl (C=O) groups excluding carboxylic acids is 3. The Kier molecular flexibility index (Phi) is 11.2. The number of esters is 3. The van der Waals surface area contributed by atoms with Gasteiger partial charge in [-0.3, -0.25) is 14.4 Å². The Hall–Kier alpha value is -4.01. The lowest BCUT2D eigenvalue weighted by atomic mass is 10.1. The van der Waals surface area contributed by atoms with Crippen molar-refractivity contribution in [3.05, 3.63) is 107 Å². The molecule has 206 valence electrons. The summed E-state index contributed by atoms with van der Waals surface area (Å²) in [6, 6.07) is 24.6. The first kappa shape index (κ1) is 29.5. The Morgan fingerprint density at radius 2 is 1.26 bits per heavy atom. The Balaban J connectivity index is 1.52. The molecule has 0 bridgehead atoms. The predicted molar refractivity (Wildman–Crippen MR) is 145 cm³/mol. The van der Waals surface area contributed by atoms with Crippen LogP contribution in [0.1, 0.15) is 60.7 Å². The van der Waals surface area contributed by atoms with Crippen LogP contribution >= 0.6 is 0 Å². The molecule has 0 saturated carbocycles. The van der Waals surface area contributed by atoms with Crippen LogP contribution < -0.4 is 5.48 Å². The van der Waals surface area contributed by atoms with Gasteiger partial charge in [-0.15, -0.1) is 0 Å². The molecule has 1 atom stereocenters. The van der Waals surface area contributed by atoms with Crippen molar-refractivity contribution < 1.29 is 33.4 Å². The third kappa shape index (κ3) is 11.1. The summed E-state index contributed by atoms with van der Waals surface area (Å²) in [5.41, 5.74) is 5.07. The molecule has 0 aromatic heterocycles. The maximum Gasteiger partial charge on any atom is 0.338 e. The van der Waals surface area contributed by atoms with E-state index in [0.29, 0.717) is 5.56 Å². The molecule has 3 aromatic rings. The number of nitrogens with one attached hydrogen (secondary N) is 1. The summed E-state index contributed by atoms with van der Waals surface area (Å²) in [6.45, 7) is 5.80. The number of benzene rings is 3. The zero-order valence-electron chi connectivity index (χ0n) is 22.6. The normalized spacial score (nSPS) is 11.9. The van der Waals surface area contributed by atoms with Gasteiger partial charge in [0, 0.05) is 6.42 Å². The molecule has 0 unspecified atom stereocenters. The van der Waals surface area contributed by atoms with Crippen LogP contribution in [0.3, 0.4) is 0 Å². The van der Waals surface area contributed by atoms with E-state index in [0.717, 1.165) is 16.7 Å². The molecule has 0 heterocycles. The fraction of sp³-hybridized carbons (Fsp3) is 0.323. The van der Waals surface area contributed by atoms with E-state index in [1.165, 1.54) is 0 Å². The topological polar surface area (TPSA) is 100 Å². The van der Waals surface area contributed by atoms with Crippen LogP contribution in [-0.4, -0.2) is 29.6 Å².